The molecule has 0 saturated heterocycles. The molecule has 4 rings (SSSR count). The highest BCUT2D eigenvalue weighted by atomic mass is 35.5. The average molecular weight is 484 g/mol. The van der Waals surface area contributed by atoms with Crippen molar-refractivity contribution in [3.63, 3.8) is 0 Å². The van der Waals surface area contributed by atoms with Gasteiger partial charge < -0.3 is 0 Å². The van der Waals surface area contributed by atoms with E-state index in [9.17, 15) is 26.7 Å². The van der Waals surface area contributed by atoms with Crippen LogP contribution in [0.3, 0.4) is 0 Å². The zero-order valence-corrected chi connectivity index (χ0v) is 18.0. The van der Waals surface area contributed by atoms with Gasteiger partial charge >= 0.3 is 6.18 Å². The molecule has 2 heterocycles. The average Bonchev–Trinajstić information content (AvgIpc) is 2.76. The summed E-state index contributed by atoms with van der Waals surface area (Å²) in [5.74, 6) is -1.75. The maximum atomic E-state index is 14.1. The predicted molar refractivity (Wildman–Crippen MR) is 112 cm³/mol. The van der Waals surface area contributed by atoms with Crippen molar-refractivity contribution < 1.29 is 22.0 Å². The molecule has 0 atom stereocenters. The van der Waals surface area contributed by atoms with Gasteiger partial charge in [-0.15, -0.1) is 0 Å². The highest BCUT2D eigenvalue weighted by Gasteiger charge is 2.34. The van der Waals surface area contributed by atoms with Crippen LogP contribution in [0.25, 0.3) is 0 Å². The van der Waals surface area contributed by atoms with Crippen molar-refractivity contribution in [2.45, 2.75) is 50.2 Å². The number of hydrogen-bond acceptors (Lipinski definition) is 3. The Morgan fingerprint density at radius 1 is 1.00 bits per heavy atom. The summed E-state index contributed by atoms with van der Waals surface area (Å²) in [5, 5.41) is 3.86. The zero-order chi connectivity index (χ0) is 23.8. The summed E-state index contributed by atoms with van der Waals surface area (Å²) in [6.45, 7) is -0.488. The van der Waals surface area contributed by atoms with Crippen LogP contribution in [0.2, 0.25) is 5.15 Å². The molecular formula is C23H19ClF5N3O. The highest BCUT2D eigenvalue weighted by molar-refractivity contribution is 6.29. The van der Waals surface area contributed by atoms with Crippen molar-refractivity contribution in [2.75, 3.05) is 0 Å². The smallest absolute Gasteiger partial charge is 0.267 e. The monoisotopic (exact) mass is 483 g/mol. The van der Waals surface area contributed by atoms with E-state index in [4.69, 9.17) is 11.6 Å². The fraction of sp³-hybridized carbons (Fsp3) is 0.348. The molecule has 1 aliphatic rings. The molecule has 174 valence electrons. The van der Waals surface area contributed by atoms with Gasteiger partial charge in [-0.25, -0.2) is 13.5 Å². The van der Waals surface area contributed by atoms with Crippen molar-refractivity contribution in [2.24, 2.45) is 0 Å². The maximum Gasteiger partial charge on any atom is 0.418 e. The molecule has 4 nitrogen and oxygen atoms in total. The van der Waals surface area contributed by atoms with Crippen LogP contribution in [-0.2, 0) is 12.7 Å². The van der Waals surface area contributed by atoms with E-state index in [0.717, 1.165) is 10.7 Å². The Kier molecular flexibility index (Phi) is 6.52. The molecule has 0 amide bonds. The molecule has 1 fully saturated rings. The largest absolute Gasteiger partial charge is 0.418 e. The molecule has 0 unspecified atom stereocenters. The molecular weight excluding hydrogens is 465 g/mol. The van der Waals surface area contributed by atoms with E-state index in [-0.39, 0.29) is 28.2 Å². The van der Waals surface area contributed by atoms with Crippen LogP contribution in [0.4, 0.5) is 22.0 Å². The van der Waals surface area contributed by atoms with Crippen LogP contribution in [0.5, 0.6) is 0 Å². The van der Waals surface area contributed by atoms with Gasteiger partial charge in [-0.2, -0.15) is 18.3 Å². The normalized spacial score (nSPS) is 19.0. The number of alkyl halides is 3. The first kappa shape index (κ1) is 23.4. The molecule has 1 aliphatic carbocycles. The molecule has 0 aliphatic heterocycles. The van der Waals surface area contributed by atoms with Crippen LogP contribution in [0, 0.1) is 11.6 Å². The Morgan fingerprint density at radius 3 is 2.27 bits per heavy atom. The second kappa shape index (κ2) is 9.21. The Labute approximate surface area is 191 Å². The van der Waals surface area contributed by atoms with Crippen molar-refractivity contribution in [1.82, 2.24) is 14.8 Å². The van der Waals surface area contributed by atoms with Gasteiger partial charge in [0.2, 0.25) is 0 Å². The summed E-state index contributed by atoms with van der Waals surface area (Å²) in [4.78, 5) is 16.8. The highest BCUT2D eigenvalue weighted by Crippen LogP contribution is 2.41. The van der Waals surface area contributed by atoms with Crippen LogP contribution in [0.1, 0.15) is 59.9 Å². The van der Waals surface area contributed by atoms with Crippen molar-refractivity contribution >= 4 is 11.6 Å². The topological polar surface area (TPSA) is 47.8 Å². The predicted octanol–water partition coefficient (Wildman–Crippen LogP) is 6.08. The van der Waals surface area contributed by atoms with Crippen LogP contribution >= 0.6 is 11.6 Å². The van der Waals surface area contributed by atoms with Gasteiger partial charge in [-0.3, -0.25) is 9.78 Å². The zero-order valence-electron chi connectivity index (χ0n) is 17.2. The third-order valence-electron chi connectivity index (χ3n) is 6.04. The number of nitrogens with zero attached hydrogens (tertiary/aromatic N) is 3. The lowest BCUT2D eigenvalue weighted by atomic mass is 9.76. The minimum atomic E-state index is -4.63. The van der Waals surface area contributed by atoms with Crippen molar-refractivity contribution in [3.8, 4) is 0 Å². The number of benzene rings is 1. The van der Waals surface area contributed by atoms with Gasteiger partial charge in [0, 0.05) is 17.3 Å². The minimum absolute atomic E-state index is 0.0311. The van der Waals surface area contributed by atoms with Gasteiger partial charge in [0.15, 0.2) is 0 Å². The number of pyridine rings is 1. The lowest BCUT2D eigenvalue weighted by Gasteiger charge is -2.29. The SMILES string of the molecule is O=c1c(C2CCC(c3c(F)cccc3F)CC2)cc(Cl)nn1Cc1ncccc1C(F)(F)F. The van der Waals surface area contributed by atoms with E-state index < -0.39 is 35.5 Å². The molecule has 1 saturated carbocycles. The fourth-order valence-electron chi connectivity index (χ4n) is 4.49. The quantitative estimate of drug-likeness (QED) is 0.423. The third kappa shape index (κ3) is 4.93. The number of hydrogen-bond donors (Lipinski definition) is 0. The lowest BCUT2D eigenvalue weighted by molar-refractivity contribution is -0.138. The van der Waals surface area contributed by atoms with Gasteiger partial charge in [-0.05, 0) is 67.9 Å². The van der Waals surface area contributed by atoms with Crippen LogP contribution in [0.15, 0.2) is 47.4 Å². The molecule has 0 bridgehead atoms. The van der Waals surface area contributed by atoms with E-state index >= 15 is 0 Å². The van der Waals surface area contributed by atoms with Crippen LogP contribution in [-0.4, -0.2) is 14.8 Å². The Hall–Kier alpha value is -2.81. The van der Waals surface area contributed by atoms with Gasteiger partial charge in [0.05, 0.1) is 17.8 Å². The molecule has 0 N–H and O–H groups in total. The minimum Gasteiger partial charge on any atom is -0.267 e. The summed E-state index contributed by atoms with van der Waals surface area (Å²) in [6, 6.07) is 7.23. The number of aromatic nitrogens is 3. The van der Waals surface area contributed by atoms with E-state index in [1.54, 1.807) is 0 Å². The molecule has 10 heteroatoms. The summed E-state index contributed by atoms with van der Waals surface area (Å²) in [6.07, 6.45) is -1.54. The molecule has 33 heavy (non-hydrogen) atoms. The standard InChI is InChI=1S/C23H19ClF5N3O/c24-20-11-15(13-6-8-14(9-7-13)21-17(25)4-1-5-18(21)26)22(33)32(31-20)12-19-16(23(27,28)29)3-2-10-30-19/h1-5,10-11,13-14H,6-9,12H2. The molecule has 0 radical (unpaired) electrons. The Bertz CT molecular complexity index is 1200. The second-order valence-electron chi connectivity index (χ2n) is 8.06. The molecule has 1 aromatic carbocycles. The summed E-state index contributed by atoms with van der Waals surface area (Å²) < 4.78 is 69.1. The molecule has 0 spiro atoms. The van der Waals surface area contributed by atoms with Crippen LogP contribution < -0.4 is 5.56 Å². The first-order chi connectivity index (χ1) is 15.6. The first-order valence-electron chi connectivity index (χ1n) is 10.4. The summed E-state index contributed by atoms with van der Waals surface area (Å²) in [5.41, 5.74) is -1.47. The first-order valence-corrected chi connectivity index (χ1v) is 10.8. The summed E-state index contributed by atoms with van der Waals surface area (Å²) in [7, 11) is 0. The van der Waals surface area contributed by atoms with E-state index in [1.807, 2.05) is 0 Å². The second-order valence-corrected chi connectivity index (χ2v) is 8.45. The Balaban J connectivity index is 1.59. The third-order valence-corrected chi connectivity index (χ3v) is 6.23. The maximum absolute atomic E-state index is 14.1. The lowest BCUT2D eigenvalue weighted by Crippen LogP contribution is -2.30. The van der Waals surface area contributed by atoms with E-state index in [1.165, 1.54) is 36.5 Å². The molecule has 2 aromatic heterocycles. The summed E-state index contributed by atoms with van der Waals surface area (Å²) >= 11 is 6.09. The van der Waals surface area contributed by atoms with Gasteiger partial charge in [0.25, 0.3) is 5.56 Å². The fourth-order valence-corrected chi connectivity index (χ4v) is 4.69. The number of rotatable bonds is 4. The van der Waals surface area contributed by atoms with Crippen molar-refractivity contribution in [1.29, 1.82) is 0 Å². The van der Waals surface area contributed by atoms with Crippen molar-refractivity contribution in [3.05, 3.63) is 92.1 Å². The van der Waals surface area contributed by atoms with E-state index in [0.29, 0.717) is 31.2 Å². The van der Waals surface area contributed by atoms with Gasteiger partial charge in [0.1, 0.15) is 16.8 Å². The van der Waals surface area contributed by atoms with E-state index in [2.05, 4.69) is 10.1 Å². The Morgan fingerprint density at radius 2 is 1.64 bits per heavy atom. The van der Waals surface area contributed by atoms with Gasteiger partial charge in [-0.1, -0.05) is 17.7 Å². The molecule has 3 aromatic rings. The number of halogens is 6.